The van der Waals surface area contributed by atoms with Crippen molar-refractivity contribution in [3.05, 3.63) is 82.9 Å². The fraction of sp³-hybridized carbons (Fsp3) is 0.465. The predicted molar refractivity (Wildman–Crippen MR) is 220 cm³/mol. The Morgan fingerprint density at radius 3 is 2.60 bits per heavy atom. The summed E-state index contributed by atoms with van der Waals surface area (Å²) in [6.07, 6.45) is 5.66. The Morgan fingerprint density at radius 2 is 1.88 bits per heavy atom. The zero-order valence-electron chi connectivity index (χ0n) is 33.1. The number of rotatable bonds is 9. The molecule has 306 valence electrons. The maximum atomic E-state index is 14.8. The van der Waals surface area contributed by atoms with E-state index in [1.165, 1.54) is 16.2 Å². The fourth-order valence-corrected chi connectivity index (χ4v) is 10.2. The lowest BCUT2D eigenvalue weighted by Gasteiger charge is -2.29. The molecule has 2 aliphatic heterocycles. The highest BCUT2D eigenvalue weighted by atomic mass is 32.2. The van der Waals surface area contributed by atoms with Crippen molar-refractivity contribution in [2.45, 2.75) is 101 Å². The van der Waals surface area contributed by atoms with E-state index in [2.05, 4.69) is 23.9 Å². The van der Waals surface area contributed by atoms with Gasteiger partial charge in [0.15, 0.2) is 6.10 Å². The molecule has 0 bridgehead atoms. The van der Waals surface area contributed by atoms with Crippen LogP contribution >= 0.6 is 11.3 Å². The Hall–Kier alpha value is -4.86. The molecule has 0 unspecified atom stereocenters. The number of hydrogen-bond donors (Lipinski definition) is 2. The smallest absolute Gasteiger partial charge is 0.259 e. The third kappa shape index (κ3) is 7.95. The number of carbonyl (C=O) groups is 3. The van der Waals surface area contributed by atoms with E-state index in [1.807, 2.05) is 73.0 Å². The van der Waals surface area contributed by atoms with E-state index in [9.17, 15) is 22.8 Å². The van der Waals surface area contributed by atoms with Crippen LogP contribution in [0.5, 0.6) is 11.5 Å². The highest BCUT2D eigenvalue weighted by molar-refractivity contribution is 7.91. The lowest BCUT2D eigenvalue weighted by molar-refractivity contribution is -0.149. The van der Waals surface area contributed by atoms with Crippen molar-refractivity contribution in [1.29, 1.82) is 0 Å². The topological polar surface area (TPSA) is 166 Å². The molecule has 3 fully saturated rings. The minimum atomic E-state index is -3.88. The number of pyridine rings is 1. The Bertz CT molecular complexity index is 2360. The molecule has 2 aliphatic carbocycles. The van der Waals surface area contributed by atoms with E-state index < -0.39 is 62.7 Å². The molecule has 8 rings (SSSR count). The van der Waals surface area contributed by atoms with Crippen LogP contribution in [0, 0.1) is 12.8 Å². The van der Waals surface area contributed by atoms with Gasteiger partial charge < -0.3 is 24.4 Å². The number of thiazole rings is 1. The third-order valence-electron chi connectivity index (χ3n) is 11.6. The van der Waals surface area contributed by atoms with Crippen LogP contribution in [-0.2, 0) is 29.1 Å². The molecular formula is C43H49N5O8S2. The molecule has 2 saturated carbocycles. The van der Waals surface area contributed by atoms with E-state index in [0.717, 1.165) is 28.1 Å². The van der Waals surface area contributed by atoms with Crippen LogP contribution in [0.4, 0.5) is 0 Å². The molecule has 2 N–H and O–H groups in total. The molecule has 58 heavy (non-hydrogen) atoms. The molecule has 1 saturated heterocycles. The molecule has 5 atom stereocenters. The summed E-state index contributed by atoms with van der Waals surface area (Å²) in [5, 5.41) is 5.83. The van der Waals surface area contributed by atoms with Crippen LogP contribution in [0.2, 0.25) is 0 Å². The highest BCUT2D eigenvalue weighted by Crippen LogP contribution is 2.46. The second-order valence-electron chi connectivity index (χ2n) is 16.0. The lowest BCUT2D eigenvalue weighted by atomic mass is 10.1. The van der Waals surface area contributed by atoms with E-state index in [1.54, 1.807) is 7.11 Å². The van der Waals surface area contributed by atoms with Crippen LogP contribution in [0.3, 0.4) is 0 Å². The highest BCUT2D eigenvalue weighted by Gasteiger charge is 2.62. The second-order valence-corrected chi connectivity index (χ2v) is 18.9. The normalized spacial score (nSPS) is 25.9. The number of nitrogens with one attached hydrogen (secondary N) is 2. The Morgan fingerprint density at radius 1 is 1.09 bits per heavy atom. The van der Waals surface area contributed by atoms with Gasteiger partial charge >= 0.3 is 0 Å². The average Bonchev–Trinajstić information content (AvgIpc) is 4.08. The summed E-state index contributed by atoms with van der Waals surface area (Å²) in [6, 6.07) is 13.7. The molecule has 4 heterocycles. The summed E-state index contributed by atoms with van der Waals surface area (Å²) >= 11 is 1.50. The number of hydrogen-bond acceptors (Lipinski definition) is 11. The maximum absolute atomic E-state index is 14.8. The Kier molecular flexibility index (Phi) is 11.1. The minimum absolute atomic E-state index is 0.0469. The number of carbonyl (C=O) groups excluding carboxylic acids is 3. The number of methoxy groups -OCH3 is 1. The predicted octanol–water partition coefficient (Wildman–Crippen LogP) is 6.13. The van der Waals surface area contributed by atoms with Crippen molar-refractivity contribution in [2.75, 3.05) is 20.3 Å². The number of aryl methyl sites for hydroxylation is 1. The van der Waals surface area contributed by atoms with Gasteiger partial charge in [-0.25, -0.2) is 18.4 Å². The quantitative estimate of drug-likeness (QED) is 0.188. The van der Waals surface area contributed by atoms with Gasteiger partial charge in [0, 0.05) is 41.3 Å². The molecule has 0 spiro atoms. The summed E-state index contributed by atoms with van der Waals surface area (Å²) in [5.41, 5.74) is 2.25. The van der Waals surface area contributed by atoms with Gasteiger partial charge in [-0.15, -0.1) is 11.3 Å². The number of nitrogens with zero attached hydrogens (tertiary/aromatic N) is 3. The van der Waals surface area contributed by atoms with Crippen molar-refractivity contribution >= 4 is 50.0 Å². The molecule has 3 amide bonds. The zero-order valence-corrected chi connectivity index (χ0v) is 34.7. The van der Waals surface area contributed by atoms with Gasteiger partial charge in [-0.3, -0.25) is 19.1 Å². The van der Waals surface area contributed by atoms with Crippen molar-refractivity contribution in [3.63, 3.8) is 0 Å². The first kappa shape index (κ1) is 39.9. The molecule has 15 heteroatoms. The SMILES string of the molecule is COc1ccc2c(O[C@@H]3C[C@H]4C(=O)N[C@]5(C(=O)NS(=O)(=O)C6CC6)C[C@H]5/C=C\CCCCO[C@H](c5ccccc5)C(=O)N4C3)cc(-c3nc(C(C)C)cs3)nc2c1C. The van der Waals surface area contributed by atoms with E-state index in [0.29, 0.717) is 60.6 Å². The van der Waals surface area contributed by atoms with Gasteiger partial charge in [-0.05, 0) is 69.1 Å². The molecule has 4 aromatic rings. The average molecular weight is 828 g/mol. The van der Waals surface area contributed by atoms with E-state index in [-0.39, 0.29) is 25.3 Å². The lowest BCUT2D eigenvalue weighted by Crippen LogP contribution is -2.57. The van der Waals surface area contributed by atoms with Crippen molar-refractivity contribution in [1.82, 2.24) is 24.9 Å². The summed E-state index contributed by atoms with van der Waals surface area (Å²) in [6.45, 7) is 6.48. The van der Waals surface area contributed by atoms with Crippen LogP contribution in [-0.4, -0.2) is 84.2 Å². The van der Waals surface area contributed by atoms with Gasteiger partial charge in [0.05, 0.1) is 30.1 Å². The number of amides is 3. The van der Waals surface area contributed by atoms with Crippen LogP contribution < -0.4 is 19.5 Å². The largest absolute Gasteiger partial charge is 0.496 e. The maximum Gasteiger partial charge on any atom is 0.259 e. The molecule has 4 aliphatic rings. The van der Waals surface area contributed by atoms with Gasteiger partial charge in [-0.1, -0.05) is 56.3 Å². The molecular weight excluding hydrogens is 779 g/mol. The monoisotopic (exact) mass is 827 g/mol. The molecule has 2 aromatic carbocycles. The Balaban J connectivity index is 1.16. The molecule has 2 aromatic heterocycles. The van der Waals surface area contributed by atoms with Gasteiger partial charge in [-0.2, -0.15) is 0 Å². The number of ether oxygens (including phenoxy) is 3. The van der Waals surface area contributed by atoms with Crippen LogP contribution in [0.1, 0.15) is 87.6 Å². The first-order valence-corrected chi connectivity index (χ1v) is 22.4. The minimum Gasteiger partial charge on any atom is -0.496 e. The number of aromatic nitrogens is 2. The zero-order chi connectivity index (χ0) is 40.8. The first-order valence-electron chi connectivity index (χ1n) is 20.0. The molecule has 13 nitrogen and oxygen atoms in total. The van der Waals surface area contributed by atoms with Crippen molar-refractivity contribution < 1.29 is 37.0 Å². The van der Waals surface area contributed by atoms with Crippen molar-refractivity contribution in [3.8, 4) is 22.2 Å². The number of fused-ring (bicyclic) bond motifs is 3. The number of allylic oxidation sites excluding steroid dienone is 1. The number of sulfonamides is 1. The fourth-order valence-electron chi connectivity index (χ4n) is 7.91. The van der Waals surface area contributed by atoms with E-state index in [4.69, 9.17) is 24.2 Å². The van der Waals surface area contributed by atoms with Crippen LogP contribution in [0.15, 0.2) is 66.1 Å². The number of benzene rings is 2. The second kappa shape index (κ2) is 16.1. The summed E-state index contributed by atoms with van der Waals surface area (Å²) in [7, 11) is -2.27. The van der Waals surface area contributed by atoms with Crippen LogP contribution in [0.25, 0.3) is 21.6 Å². The Labute approximate surface area is 342 Å². The van der Waals surface area contributed by atoms with Gasteiger partial charge in [0.2, 0.25) is 15.9 Å². The first-order chi connectivity index (χ1) is 27.9. The summed E-state index contributed by atoms with van der Waals surface area (Å²) in [4.78, 5) is 54.6. The molecule has 0 radical (unpaired) electrons. The van der Waals surface area contributed by atoms with E-state index >= 15 is 0 Å². The van der Waals surface area contributed by atoms with Gasteiger partial charge in [0.25, 0.3) is 11.8 Å². The third-order valence-corrected chi connectivity index (χ3v) is 14.3. The summed E-state index contributed by atoms with van der Waals surface area (Å²) < 4.78 is 46.9. The standard InChI is InChI=1S/C43H49N5O8S2/c1-25(2)33-24-57-40(45-33)32-21-36(31-17-18-35(54-4)26(3)37(31)44-32)56-29-20-34-39(49)46-43(42(51)47-58(52,53)30-15-16-30)22-28(43)14-10-5-6-11-19-55-38(41(50)48(34)23-29)27-12-8-7-9-13-27/h7-10,12-14,17-18,21,24-25,28-30,34,38H,5-6,11,15-16,19-20,22-23H2,1-4H3,(H,46,49)(H,47,51)/b14-10-/t28-,29-,34+,38-,43-/m1/s1. The summed E-state index contributed by atoms with van der Waals surface area (Å²) in [5.74, 6) is -0.733. The van der Waals surface area contributed by atoms with Crippen molar-refractivity contribution in [2.24, 2.45) is 5.92 Å². The van der Waals surface area contributed by atoms with Gasteiger partial charge in [0.1, 0.15) is 39.9 Å².